The summed E-state index contributed by atoms with van der Waals surface area (Å²) < 4.78 is 4.93. The Bertz CT molecular complexity index is 310. The first-order valence-electron chi connectivity index (χ1n) is 7.38. The maximum atomic E-state index is 11.6. The standard InChI is InChI=1S/C14H26N2O4/c1-20-9-5-4-8-15-14(19)16-10-11-6-2-3-7-12(11)13(17)18/h11-12H,2-10H2,1H3,(H,17,18)(H2,15,16,19). The van der Waals surface area contributed by atoms with E-state index in [1.807, 2.05) is 0 Å². The van der Waals surface area contributed by atoms with Crippen LogP contribution in [0, 0.1) is 11.8 Å². The second-order valence-electron chi connectivity index (χ2n) is 5.33. The van der Waals surface area contributed by atoms with Crippen molar-refractivity contribution >= 4 is 12.0 Å². The van der Waals surface area contributed by atoms with E-state index in [-0.39, 0.29) is 17.9 Å². The van der Waals surface area contributed by atoms with Gasteiger partial charge in [0, 0.05) is 26.8 Å². The fraction of sp³-hybridized carbons (Fsp3) is 0.857. The summed E-state index contributed by atoms with van der Waals surface area (Å²) >= 11 is 0. The molecule has 116 valence electrons. The van der Waals surface area contributed by atoms with Crippen molar-refractivity contribution in [3.05, 3.63) is 0 Å². The van der Waals surface area contributed by atoms with E-state index in [0.717, 1.165) is 38.5 Å². The number of hydrogen-bond donors (Lipinski definition) is 3. The van der Waals surface area contributed by atoms with Crippen molar-refractivity contribution < 1.29 is 19.4 Å². The molecule has 1 rings (SSSR count). The van der Waals surface area contributed by atoms with E-state index in [1.54, 1.807) is 7.11 Å². The van der Waals surface area contributed by atoms with Crippen molar-refractivity contribution in [2.24, 2.45) is 11.8 Å². The second kappa shape index (κ2) is 9.58. The maximum absolute atomic E-state index is 11.6. The van der Waals surface area contributed by atoms with Crippen molar-refractivity contribution in [2.75, 3.05) is 26.8 Å². The lowest BCUT2D eigenvalue weighted by Crippen LogP contribution is -2.42. The average Bonchev–Trinajstić information content (AvgIpc) is 2.45. The van der Waals surface area contributed by atoms with Gasteiger partial charge in [-0.25, -0.2) is 4.79 Å². The molecule has 3 N–H and O–H groups in total. The van der Waals surface area contributed by atoms with Crippen LogP contribution in [0.2, 0.25) is 0 Å². The van der Waals surface area contributed by atoms with Crippen LogP contribution in [0.5, 0.6) is 0 Å². The van der Waals surface area contributed by atoms with Gasteiger partial charge in [0.2, 0.25) is 0 Å². The third-order valence-electron chi connectivity index (χ3n) is 3.81. The van der Waals surface area contributed by atoms with Crippen LogP contribution in [-0.2, 0) is 9.53 Å². The van der Waals surface area contributed by atoms with Gasteiger partial charge in [0.05, 0.1) is 5.92 Å². The van der Waals surface area contributed by atoms with Gasteiger partial charge in [-0.2, -0.15) is 0 Å². The van der Waals surface area contributed by atoms with E-state index < -0.39 is 5.97 Å². The molecule has 6 heteroatoms. The number of nitrogens with one attached hydrogen (secondary N) is 2. The molecule has 0 spiro atoms. The van der Waals surface area contributed by atoms with E-state index in [1.165, 1.54) is 0 Å². The van der Waals surface area contributed by atoms with Crippen LogP contribution in [0.4, 0.5) is 4.79 Å². The molecule has 0 aromatic carbocycles. The Balaban J connectivity index is 2.17. The van der Waals surface area contributed by atoms with Crippen molar-refractivity contribution in [3.8, 4) is 0 Å². The van der Waals surface area contributed by atoms with Gasteiger partial charge in [-0.3, -0.25) is 4.79 Å². The summed E-state index contributed by atoms with van der Waals surface area (Å²) in [6, 6.07) is -0.211. The molecular weight excluding hydrogens is 260 g/mol. The molecule has 2 atom stereocenters. The van der Waals surface area contributed by atoms with Crippen molar-refractivity contribution in [3.63, 3.8) is 0 Å². The van der Waals surface area contributed by atoms with Crippen LogP contribution in [0.25, 0.3) is 0 Å². The van der Waals surface area contributed by atoms with Crippen LogP contribution in [0.15, 0.2) is 0 Å². The fourth-order valence-electron chi connectivity index (χ4n) is 2.64. The van der Waals surface area contributed by atoms with Crippen LogP contribution >= 0.6 is 0 Å². The van der Waals surface area contributed by atoms with Crippen LogP contribution < -0.4 is 10.6 Å². The molecule has 1 aliphatic rings. The monoisotopic (exact) mass is 286 g/mol. The highest BCUT2D eigenvalue weighted by atomic mass is 16.5. The first kappa shape index (κ1) is 16.8. The van der Waals surface area contributed by atoms with E-state index >= 15 is 0 Å². The lowest BCUT2D eigenvalue weighted by molar-refractivity contribution is -0.144. The molecule has 1 aliphatic carbocycles. The molecule has 1 saturated carbocycles. The summed E-state index contributed by atoms with van der Waals surface area (Å²) in [5.74, 6) is -0.997. The third-order valence-corrected chi connectivity index (χ3v) is 3.81. The van der Waals surface area contributed by atoms with Crippen LogP contribution in [0.3, 0.4) is 0 Å². The van der Waals surface area contributed by atoms with Gasteiger partial charge >= 0.3 is 12.0 Å². The smallest absolute Gasteiger partial charge is 0.314 e. The minimum atomic E-state index is -0.739. The average molecular weight is 286 g/mol. The summed E-state index contributed by atoms with van der Waals surface area (Å²) in [5, 5.41) is 14.7. The Kier molecular flexibility index (Phi) is 8.02. The first-order valence-corrected chi connectivity index (χ1v) is 7.38. The zero-order valence-electron chi connectivity index (χ0n) is 12.2. The van der Waals surface area contributed by atoms with Gasteiger partial charge in [-0.15, -0.1) is 0 Å². The molecule has 20 heavy (non-hydrogen) atoms. The summed E-state index contributed by atoms with van der Waals surface area (Å²) in [6.45, 7) is 1.76. The predicted molar refractivity (Wildman–Crippen MR) is 75.6 cm³/mol. The van der Waals surface area contributed by atoms with Crippen LogP contribution in [-0.4, -0.2) is 43.9 Å². The minimum Gasteiger partial charge on any atom is -0.481 e. The number of carbonyl (C=O) groups excluding carboxylic acids is 1. The molecule has 1 fully saturated rings. The number of aliphatic carboxylic acids is 1. The van der Waals surface area contributed by atoms with Crippen molar-refractivity contribution in [2.45, 2.75) is 38.5 Å². The molecule has 6 nitrogen and oxygen atoms in total. The maximum Gasteiger partial charge on any atom is 0.314 e. The number of ether oxygens (including phenoxy) is 1. The molecule has 0 aromatic rings. The van der Waals surface area contributed by atoms with Gasteiger partial charge in [-0.05, 0) is 31.6 Å². The molecule has 0 saturated heterocycles. The number of carboxylic acid groups (broad SMARTS) is 1. The zero-order chi connectivity index (χ0) is 14.8. The number of hydrogen-bond acceptors (Lipinski definition) is 3. The Hall–Kier alpha value is -1.30. The second-order valence-corrected chi connectivity index (χ2v) is 5.33. The van der Waals surface area contributed by atoms with Gasteiger partial charge in [0.1, 0.15) is 0 Å². The summed E-state index contributed by atoms with van der Waals surface area (Å²) in [4.78, 5) is 22.7. The van der Waals surface area contributed by atoms with Crippen molar-refractivity contribution in [1.29, 1.82) is 0 Å². The molecular formula is C14H26N2O4. The predicted octanol–water partition coefficient (Wildman–Crippen LogP) is 1.60. The Labute approximate surface area is 120 Å². The minimum absolute atomic E-state index is 0.0560. The fourth-order valence-corrected chi connectivity index (χ4v) is 2.64. The third kappa shape index (κ3) is 6.23. The highest BCUT2D eigenvalue weighted by Gasteiger charge is 2.30. The SMILES string of the molecule is COCCCCNC(=O)NCC1CCCCC1C(=O)O. The number of unbranched alkanes of at least 4 members (excludes halogenated alkanes) is 1. The van der Waals surface area contributed by atoms with Gasteiger partial charge in [-0.1, -0.05) is 12.8 Å². The molecule has 0 aromatic heterocycles. The van der Waals surface area contributed by atoms with Gasteiger partial charge < -0.3 is 20.5 Å². The number of amides is 2. The molecule has 0 radical (unpaired) electrons. The van der Waals surface area contributed by atoms with Crippen LogP contribution in [0.1, 0.15) is 38.5 Å². The quantitative estimate of drug-likeness (QED) is 0.591. The number of rotatable bonds is 8. The highest BCUT2D eigenvalue weighted by molar-refractivity contribution is 5.74. The Morgan fingerprint density at radius 1 is 1.20 bits per heavy atom. The first-order chi connectivity index (χ1) is 9.65. The molecule has 2 unspecified atom stereocenters. The lowest BCUT2D eigenvalue weighted by Gasteiger charge is -2.28. The van der Waals surface area contributed by atoms with E-state index in [0.29, 0.717) is 19.7 Å². The normalized spacial score (nSPS) is 22.2. The molecule has 0 aliphatic heterocycles. The zero-order valence-corrected chi connectivity index (χ0v) is 12.2. The number of carbonyl (C=O) groups is 2. The Morgan fingerprint density at radius 3 is 2.65 bits per heavy atom. The summed E-state index contributed by atoms with van der Waals surface area (Å²) in [7, 11) is 1.66. The highest BCUT2D eigenvalue weighted by Crippen LogP contribution is 2.29. The largest absolute Gasteiger partial charge is 0.481 e. The van der Waals surface area contributed by atoms with Crippen molar-refractivity contribution in [1.82, 2.24) is 10.6 Å². The Morgan fingerprint density at radius 2 is 1.95 bits per heavy atom. The number of methoxy groups -OCH3 is 1. The number of urea groups is 1. The summed E-state index contributed by atoms with van der Waals surface area (Å²) in [5.41, 5.74) is 0. The molecule has 0 heterocycles. The molecule has 0 bridgehead atoms. The van der Waals surface area contributed by atoms with Gasteiger partial charge in [0.25, 0.3) is 0 Å². The lowest BCUT2D eigenvalue weighted by atomic mass is 9.79. The van der Waals surface area contributed by atoms with E-state index in [9.17, 15) is 9.59 Å². The number of carboxylic acids is 1. The molecule has 2 amide bonds. The topological polar surface area (TPSA) is 87.7 Å². The van der Waals surface area contributed by atoms with Gasteiger partial charge in [0.15, 0.2) is 0 Å². The summed E-state index contributed by atoms with van der Waals surface area (Å²) in [6.07, 6.45) is 5.42. The van der Waals surface area contributed by atoms with E-state index in [2.05, 4.69) is 10.6 Å². The van der Waals surface area contributed by atoms with E-state index in [4.69, 9.17) is 9.84 Å².